The summed E-state index contributed by atoms with van der Waals surface area (Å²) in [5, 5.41) is 0. The molecule has 0 aromatic carbocycles. The van der Waals surface area contributed by atoms with Crippen LogP contribution in [0.3, 0.4) is 0 Å². The van der Waals surface area contributed by atoms with Crippen LogP contribution in [-0.2, 0) is 38.2 Å². The van der Waals surface area contributed by atoms with Crippen LogP contribution in [0.25, 0.3) is 0 Å². The average molecular weight is 370 g/mol. The standard InChI is InChI=1S/C15H34N2O8/c16-1-3-18-5-6-20-7-8-21-9-10-22-13-14-24-25-15-23-12-11-19-4-2-17/h1-17H2. The predicted octanol–water partition coefficient (Wildman–Crippen LogP) is -1.09. The zero-order chi connectivity index (χ0) is 18.3. The fraction of sp³-hybridized carbons (Fsp3) is 1.00. The molecule has 0 fully saturated rings. The molecule has 10 nitrogen and oxygen atoms in total. The van der Waals surface area contributed by atoms with Gasteiger partial charge in [0.25, 0.3) is 0 Å². The molecule has 0 aromatic rings. The molecule has 0 aliphatic rings. The topological polar surface area (TPSA) is 126 Å². The highest BCUT2D eigenvalue weighted by molar-refractivity contribution is 4.36. The van der Waals surface area contributed by atoms with Gasteiger partial charge in [-0.05, 0) is 0 Å². The van der Waals surface area contributed by atoms with Crippen molar-refractivity contribution < 1.29 is 38.2 Å². The Labute approximate surface area is 149 Å². The monoisotopic (exact) mass is 370 g/mol. The van der Waals surface area contributed by atoms with Gasteiger partial charge in [0.05, 0.1) is 72.7 Å². The fourth-order valence-electron chi connectivity index (χ4n) is 1.43. The van der Waals surface area contributed by atoms with Crippen LogP contribution >= 0.6 is 0 Å². The molecule has 0 atom stereocenters. The summed E-state index contributed by atoms with van der Waals surface area (Å²) in [7, 11) is 0. The lowest BCUT2D eigenvalue weighted by atomic mass is 10.7. The van der Waals surface area contributed by atoms with Gasteiger partial charge in [0.1, 0.15) is 6.61 Å². The normalized spacial score (nSPS) is 11.3. The zero-order valence-corrected chi connectivity index (χ0v) is 15.0. The van der Waals surface area contributed by atoms with Crippen LogP contribution in [0.4, 0.5) is 0 Å². The molecule has 0 aliphatic heterocycles. The molecular weight excluding hydrogens is 336 g/mol. The minimum atomic E-state index is 0.0480. The molecule has 0 unspecified atom stereocenters. The van der Waals surface area contributed by atoms with Crippen molar-refractivity contribution in [2.45, 2.75) is 0 Å². The molecule has 0 aromatic heterocycles. The van der Waals surface area contributed by atoms with Crippen molar-refractivity contribution in [1.29, 1.82) is 0 Å². The second-order valence-corrected chi connectivity index (χ2v) is 4.61. The third-order valence-electron chi connectivity index (χ3n) is 2.54. The van der Waals surface area contributed by atoms with Crippen LogP contribution in [0.2, 0.25) is 0 Å². The SMILES string of the molecule is NCCOCCOCCOCCOCCOOCOCCOCCN. The molecule has 0 amide bonds. The van der Waals surface area contributed by atoms with E-state index in [0.29, 0.717) is 92.4 Å². The third-order valence-corrected chi connectivity index (χ3v) is 2.54. The molecular formula is C15H34N2O8. The Morgan fingerprint density at radius 3 is 1.16 bits per heavy atom. The van der Waals surface area contributed by atoms with Gasteiger partial charge < -0.3 is 39.9 Å². The Bertz CT molecular complexity index is 218. The average Bonchev–Trinajstić information content (AvgIpc) is 2.63. The van der Waals surface area contributed by atoms with Gasteiger partial charge in [-0.25, -0.2) is 9.78 Å². The summed E-state index contributed by atoms with van der Waals surface area (Å²) in [5.74, 6) is 0. The van der Waals surface area contributed by atoms with E-state index in [0.717, 1.165) is 0 Å². The Morgan fingerprint density at radius 1 is 0.360 bits per heavy atom. The first-order chi connectivity index (χ1) is 12.4. The zero-order valence-electron chi connectivity index (χ0n) is 15.0. The summed E-state index contributed by atoms with van der Waals surface area (Å²) in [6.07, 6.45) is 0. The number of hydrogen-bond acceptors (Lipinski definition) is 10. The largest absolute Gasteiger partial charge is 0.378 e. The minimum Gasteiger partial charge on any atom is -0.378 e. The molecule has 0 rings (SSSR count). The molecule has 0 radical (unpaired) electrons. The Kier molecular flexibility index (Phi) is 23.2. The maximum absolute atomic E-state index is 5.34. The molecule has 4 N–H and O–H groups in total. The number of rotatable bonds is 22. The Balaban J connectivity index is 2.94. The number of hydrogen-bond donors (Lipinski definition) is 2. The van der Waals surface area contributed by atoms with Gasteiger partial charge in [-0.15, -0.1) is 0 Å². The summed E-state index contributed by atoms with van der Waals surface area (Å²) in [5.41, 5.74) is 10.6. The van der Waals surface area contributed by atoms with Crippen LogP contribution in [0.5, 0.6) is 0 Å². The van der Waals surface area contributed by atoms with E-state index in [2.05, 4.69) is 0 Å². The van der Waals surface area contributed by atoms with Crippen molar-refractivity contribution in [3.05, 3.63) is 0 Å². The van der Waals surface area contributed by atoms with Gasteiger partial charge in [0.2, 0.25) is 0 Å². The second kappa shape index (κ2) is 23.6. The number of nitrogens with two attached hydrogens (primary N) is 2. The van der Waals surface area contributed by atoms with E-state index in [-0.39, 0.29) is 6.79 Å². The molecule has 0 bridgehead atoms. The summed E-state index contributed by atoms with van der Waals surface area (Å²) in [6.45, 7) is 6.94. The van der Waals surface area contributed by atoms with Crippen molar-refractivity contribution in [3.63, 3.8) is 0 Å². The highest BCUT2D eigenvalue weighted by Gasteiger charge is 1.94. The van der Waals surface area contributed by atoms with E-state index < -0.39 is 0 Å². The minimum absolute atomic E-state index is 0.0480. The van der Waals surface area contributed by atoms with E-state index in [1.807, 2.05) is 0 Å². The van der Waals surface area contributed by atoms with Crippen molar-refractivity contribution in [3.8, 4) is 0 Å². The first kappa shape index (κ1) is 24.6. The third kappa shape index (κ3) is 23.6. The van der Waals surface area contributed by atoms with E-state index in [4.69, 9.17) is 49.7 Å². The van der Waals surface area contributed by atoms with Gasteiger partial charge >= 0.3 is 0 Å². The van der Waals surface area contributed by atoms with Crippen LogP contribution < -0.4 is 11.5 Å². The van der Waals surface area contributed by atoms with Crippen LogP contribution in [-0.4, -0.2) is 99.2 Å². The molecule has 152 valence electrons. The maximum atomic E-state index is 5.34. The summed E-state index contributed by atoms with van der Waals surface area (Å²) >= 11 is 0. The van der Waals surface area contributed by atoms with E-state index >= 15 is 0 Å². The predicted molar refractivity (Wildman–Crippen MR) is 90.1 cm³/mol. The molecule has 0 saturated heterocycles. The highest BCUT2D eigenvalue weighted by atomic mass is 17.2. The van der Waals surface area contributed by atoms with Crippen molar-refractivity contribution in [2.75, 3.05) is 99.2 Å². The highest BCUT2D eigenvalue weighted by Crippen LogP contribution is 1.85. The van der Waals surface area contributed by atoms with Gasteiger partial charge in [-0.1, -0.05) is 0 Å². The van der Waals surface area contributed by atoms with Gasteiger partial charge in [0, 0.05) is 13.1 Å². The van der Waals surface area contributed by atoms with Crippen LogP contribution in [0, 0.1) is 0 Å². The molecule has 10 heteroatoms. The summed E-state index contributed by atoms with van der Waals surface area (Å²) in [6, 6.07) is 0. The molecule has 0 aliphatic carbocycles. The molecule has 25 heavy (non-hydrogen) atoms. The maximum Gasteiger partial charge on any atom is 0.180 e. The van der Waals surface area contributed by atoms with Gasteiger partial charge in [-0.3, -0.25) is 0 Å². The molecule has 0 spiro atoms. The lowest BCUT2D eigenvalue weighted by molar-refractivity contribution is -0.340. The number of ether oxygens (including phenoxy) is 6. The Hall–Kier alpha value is -0.400. The summed E-state index contributed by atoms with van der Waals surface area (Å²) in [4.78, 5) is 9.67. The smallest absolute Gasteiger partial charge is 0.180 e. The van der Waals surface area contributed by atoms with Crippen molar-refractivity contribution in [2.24, 2.45) is 11.5 Å². The van der Waals surface area contributed by atoms with Gasteiger partial charge in [-0.2, -0.15) is 0 Å². The van der Waals surface area contributed by atoms with E-state index in [9.17, 15) is 0 Å². The van der Waals surface area contributed by atoms with E-state index in [1.54, 1.807) is 0 Å². The Morgan fingerprint density at radius 2 is 0.720 bits per heavy atom. The van der Waals surface area contributed by atoms with Crippen LogP contribution in [0.15, 0.2) is 0 Å². The van der Waals surface area contributed by atoms with Crippen molar-refractivity contribution >= 4 is 0 Å². The summed E-state index contributed by atoms with van der Waals surface area (Å²) < 4.78 is 31.3. The first-order valence-electron chi connectivity index (χ1n) is 8.52. The lowest BCUT2D eigenvalue weighted by Crippen LogP contribution is -2.15. The lowest BCUT2D eigenvalue weighted by Gasteiger charge is -2.08. The first-order valence-corrected chi connectivity index (χ1v) is 8.52. The second-order valence-electron chi connectivity index (χ2n) is 4.61. The van der Waals surface area contributed by atoms with E-state index in [1.165, 1.54) is 0 Å². The molecule has 0 heterocycles. The van der Waals surface area contributed by atoms with Crippen LogP contribution in [0.1, 0.15) is 0 Å². The quantitative estimate of drug-likeness (QED) is 0.105. The van der Waals surface area contributed by atoms with Gasteiger partial charge in [0.15, 0.2) is 6.79 Å². The van der Waals surface area contributed by atoms with Crippen molar-refractivity contribution in [1.82, 2.24) is 0 Å². The molecule has 0 saturated carbocycles. The fourth-order valence-corrected chi connectivity index (χ4v) is 1.43.